The zero-order chi connectivity index (χ0) is 13.2. The number of rotatable bonds is 4. The second-order valence-corrected chi connectivity index (χ2v) is 6.24. The molecule has 1 fully saturated rings. The fourth-order valence-corrected chi connectivity index (χ4v) is 3.18. The Morgan fingerprint density at radius 1 is 1.26 bits per heavy atom. The van der Waals surface area contributed by atoms with Gasteiger partial charge in [0.05, 0.1) is 12.3 Å². The van der Waals surface area contributed by atoms with Gasteiger partial charge in [-0.15, -0.1) is 0 Å². The molecule has 0 unspecified atom stereocenters. The fourth-order valence-electron chi connectivity index (χ4n) is 2.76. The van der Waals surface area contributed by atoms with Crippen molar-refractivity contribution in [3.05, 3.63) is 58.5 Å². The fraction of sp³-hybridized carbons (Fsp3) is 0.375. The largest absolute Gasteiger partial charge is 0.468 e. The summed E-state index contributed by atoms with van der Waals surface area (Å²) < 4.78 is 6.59. The third kappa shape index (κ3) is 2.93. The Kier molecular flexibility index (Phi) is 3.76. The highest BCUT2D eigenvalue weighted by molar-refractivity contribution is 9.10. The average Bonchev–Trinajstić information content (AvgIpc) is 2.86. The summed E-state index contributed by atoms with van der Waals surface area (Å²) in [6, 6.07) is 13.5. The Labute approximate surface area is 122 Å². The number of hydrogen-bond acceptors (Lipinski definition) is 2. The van der Waals surface area contributed by atoms with Crippen LogP contribution in [0.5, 0.6) is 0 Å². The van der Waals surface area contributed by atoms with Crippen LogP contribution in [0.15, 0.2) is 51.6 Å². The molecular formula is C16H18BrNO. The lowest BCUT2D eigenvalue weighted by molar-refractivity contribution is 0.258. The Morgan fingerprint density at radius 2 is 2.11 bits per heavy atom. The van der Waals surface area contributed by atoms with Crippen molar-refractivity contribution in [2.24, 2.45) is 0 Å². The third-order valence-electron chi connectivity index (χ3n) is 3.91. The topological polar surface area (TPSA) is 25.2 Å². The van der Waals surface area contributed by atoms with Crippen molar-refractivity contribution in [1.82, 2.24) is 5.32 Å². The summed E-state index contributed by atoms with van der Waals surface area (Å²) in [6.45, 7) is 2.16. The van der Waals surface area contributed by atoms with Crippen molar-refractivity contribution in [2.75, 3.05) is 0 Å². The molecule has 0 amide bonds. The molecule has 3 heteroatoms. The zero-order valence-corrected chi connectivity index (χ0v) is 12.6. The summed E-state index contributed by atoms with van der Waals surface area (Å²) in [4.78, 5) is 0. The minimum absolute atomic E-state index is 0.295. The number of furan rings is 1. The molecule has 19 heavy (non-hydrogen) atoms. The first-order valence-corrected chi connectivity index (χ1v) is 7.56. The van der Waals surface area contributed by atoms with Crippen LogP contribution in [0.1, 0.15) is 43.0 Å². The number of nitrogens with one attached hydrogen (secondary N) is 1. The van der Waals surface area contributed by atoms with Crippen LogP contribution in [0.25, 0.3) is 0 Å². The van der Waals surface area contributed by atoms with Crippen molar-refractivity contribution in [1.29, 1.82) is 0 Å². The molecule has 0 saturated heterocycles. The molecule has 0 spiro atoms. The SMILES string of the molecule is C[C@H](NC1CC(c2cccc(Br)c2)C1)c1ccco1. The quantitative estimate of drug-likeness (QED) is 0.888. The second kappa shape index (κ2) is 5.51. The molecule has 0 aliphatic heterocycles. The summed E-state index contributed by atoms with van der Waals surface area (Å²) in [5.74, 6) is 1.71. The van der Waals surface area contributed by atoms with Gasteiger partial charge in [0, 0.05) is 10.5 Å². The minimum atomic E-state index is 0.295. The normalized spacial score (nSPS) is 23.9. The molecule has 100 valence electrons. The molecule has 1 aromatic heterocycles. The van der Waals surface area contributed by atoms with Crippen LogP contribution in [-0.2, 0) is 0 Å². The minimum Gasteiger partial charge on any atom is -0.468 e. The lowest BCUT2D eigenvalue weighted by atomic mass is 9.75. The molecule has 1 aliphatic rings. The first kappa shape index (κ1) is 12.9. The monoisotopic (exact) mass is 319 g/mol. The summed E-state index contributed by atoms with van der Waals surface area (Å²) in [5, 5.41) is 3.63. The molecule has 1 atom stereocenters. The number of hydrogen-bond donors (Lipinski definition) is 1. The van der Waals surface area contributed by atoms with Crippen molar-refractivity contribution in [3.8, 4) is 0 Å². The summed E-state index contributed by atoms with van der Waals surface area (Å²) in [7, 11) is 0. The Hall–Kier alpha value is -1.06. The molecular weight excluding hydrogens is 302 g/mol. The molecule has 1 N–H and O–H groups in total. The van der Waals surface area contributed by atoms with E-state index in [0.29, 0.717) is 18.0 Å². The highest BCUT2D eigenvalue weighted by Crippen LogP contribution is 2.38. The molecule has 1 saturated carbocycles. The van der Waals surface area contributed by atoms with Gasteiger partial charge in [0.15, 0.2) is 0 Å². The van der Waals surface area contributed by atoms with E-state index >= 15 is 0 Å². The molecule has 3 rings (SSSR count). The van der Waals surface area contributed by atoms with E-state index in [1.807, 2.05) is 12.1 Å². The standard InChI is InChI=1S/C16H18BrNO/c1-11(16-6-3-7-19-16)18-15-9-13(10-15)12-4-2-5-14(17)8-12/h2-8,11,13,15,18H,9-10H2,1H3/t11-,13?,15?/m0/s1. The van der Waals surface area contributed by atoms with E-state index in [0.717, 1.165) is 5.76 Å². The Balaban J connectivity index is 1.53. The summed E-state index contributed by atoms with van der Waals surface area (Å²) >= 11 is 3.54. The van der Waals surface area contributed by atoms with Crippen molar-refractivity contribution in [2.45, 2.75) is 37.8 Å². The molecule has 1 aromatic carbocycles. The predicted molar refractivity (Wildman–Crippen MR) is 80.2 cm³/mol. The van der Waals surface area contributed by atoms with Crippen LogP contribution in [0.4, 0.5) is 0 Å². The van der Waals surface area contributed by atoms with Gasteiger partial charge < -0.3 is 9.73 Å². The van der Waals surface area contributed by atoms with E-state index in [4.69, 9.17) is 4.42 Å². The van der Waals surface area contributed by atoms with Crippen molar-refractivity contribution in [3.63, 3.8) is 0 Å². The molecule has 2 nitrogen and oxygen atoms in total. The second-order valence-electron chi connectivity index (χ2n) is 5.32. The maximum absolute atomic E-state index is 5.42. The van der Waals surface area contributed by atoms with E-state index < -0.39 is 0 Å². The maximum Gasteiger partial charge on any atom is 0.120 e. The molecule has 1 aliphatic carbocycles. The third-order valence-corrected chi connectivity index (χ3v) is 4.41. The van der Waals surface area contributed by atoms with Gasteiger partial charge in [-0.3, -0.25) is 0 Å². The Bertz CT molecular complexity index is 531. The highest BCUT2D eigenvalue weighted by Gasteiger charge is 2.31. The lowest BCUT2D eigenvalue weighted by Gasteiger charge is -2.38. The summed E-state index contributed by atoms with van der Waals surface area (Å²) in [6.07, 6.45) is 4.15. The van der Waals surface area contributed by atoms with E-state index in [-0.39, 0.29) is 0 Å². The van der Waals surface area contributed by atoms with Gasteiger partial charge in [0.25, 0.3) is 0 Å². The molecule has 0 radical (unpaired) electrons. The van der Waals surface area contributed by atoms with E-state index in [2.05, 4.69) is 52.4 Å². The van der Waals surface area contributed by atoms with Crippen LogP contribution in [0.2, 0.25) is 0 Å². The van der Waals surface area contributed by atoms with Gasteiger partial charge in [-0.05, 0) is 55.5 Å². The van der Waals surface area contributed by atoms with Crippen LogP contribution < -0.4 is 5.32 Å². The predicted octanol–water partition coefficient (Wildman–Crippen LogP) is 4.64. The van der Waals surface area contributed by atoms with E-state index in [1.165, 1.54) is 22.9 Å². The molecule has 2 aromatic rings. The van der Waals surface area contributed by atoms with Crippen molar-refractivity contribution >= 4 is 15.9 Å². The van der Waals surface area contributed by atoms with Crippen LogP contribution >= 0.6 is 15.9 Å². The molecule has 1 heterocycles. The van der Waals surface area contributed by atoms with Crippen LogP contribution in [0.3, 0.4) is 0 Å². The van der Waals surface area contributed by atoms with Gasteiger partial charge >= 0.3 is 0 Å². The first-order chi connectivity index (χ1) is 9.22. The molecule has 0 bridgehead atoms. The maximum atomic E-state index is 5.42. The Morgan fingerprint density at radius 3 is 2.79 bits per heavy atom. The van der Waals surface area contributed by atoms with E-state index in [1.54, 1.807) is 6.26 Å². The van der Waals surface area contributed by atoms with Crippen molar-refractivity contribution < 1.29 is 4.42 Å². The zero-order valence-electron chi connectivity index (χ0n) is 11.0. The van der Waals surface area contributed by atoms with Crippen LogP contribution in [0, 0.1) is 0 Å². The lowest BCUT2D eigenvalue weighted by Crippen LogP contribution is -2.41. The highest BCUT2D eigenvalue weighted by atomic mass is 79.9. The van der Waals surface area contributed by atoms with Gasteiger partial charge in [-0.2, -0.15) is 0 Å². The van der Waals surface area contributed by atoms with E-state index in [9.17, 15) is 0 Å². The van der Waals surface area contributed by atoms with Gasteiger partial charge in [-0.1, -0.05) is 28.1 Å². The number of benzene rings is 1. The average molecular weight is 320 g/mol. The van der Waals surface area contributed by atoms with Crippen LogP contribution in [-0.4, -0.2) is 6.04 Å². The number of halogens is 1. The summed E-state index contributed by atoms with van der Waals surface area (Å²) in [5.41, 5.74) is 1.44. The van der Waals surface area contributed by atoms with Gasteiger partial charge in [0.1, 0.15) is 5.76 Å². The van der Waals surface area contributed by atoms with Gasteiger partial charge in [-0.25, -0.2) is 0 Å². The smallest absolute Gasteiger partial charge is 0.120 e. The van der Waals surface area contributed by atoms with Gasteiger partial charge in [0.2, 0.25) is 0 Å². The first-order valence-electron chi connectivity index (χ1n) is 6.77.